The van der Waals surface area contributed by atoms with Crippen LogP contribution in [0.3, 0.4) is 0 Å². The minimum Gasteiger partial charge on any atom is -0.454 e. The Morgan fingerprint density at radius 1 is 0.522 bits per heavy atom. The second kappa shape index (κ2) is 15.8. The fourth-order valence-corrected chi connectivity index (χ4v) is 11.4. The van der Waals surface area contributed by atoms with E-state index in [1.54, 1.807) is 0 Å². The quantitative estimate of drug-likeness (QED) is 0.170. The topological polar surface area (TPSA) is 42.8 Å². The highest BCUT2D eigenvalue weighted by Gasteiger charge is 2.30. The van der Waals surface area contributed by atoms with Gasteiger partial charge in [0.25, 0.3) is 0 Å². The normalized spacial score (nSPS) is 16.0. The molecule has 1 aliphatic heterocycles. The molecule has 1 atom stereocenters. The predicted octanol–water partition coefficient (Wildman–Crippen LogP) is 17.1. The minimum atomic E-state index is 0.0635. The zero-order valence-corrected chi connectivity index (χ0v) is 38.2. The number of allylic oxidation sites excluding steroid dienone is 2. The standard InChI is InChI=1S/C65H45N3O/c1-40-30-36-55(66-65(52-28-15-22-43-18-7-9-23-48(43)52)67-62(40)45-33-31-42(32-34-45)41-16-3-2-4-17-41)61-51-26-12-11-25-50(51)60-53-27-13-14-29-58(53)69-64(60)63(61)68-56-37-35-44-19-8-10-24-49(44)59(56)54-38-46-20-5-6-21-47(46)39-57(54)68/h2-12,14-26,28-29,31-40H,13,27,30H2,1H3/b55-36+,66-65?,67-62?/t40-/m1/s1. The third-order valence-electron chi connectivity index (χ3n) is 14.7. The molecule has 0 bridgehead atoms. The minimum absolute atomic E-state index is 0.0635. The van der Waals surface area contributed by atoms with E-state index in [2.05, 4.69) is 224 Å². The monoisotopic (exact) mass is 883 g/mol. The van der Waals surface area contributed by atoms with Crippen molar-refractivity contribution in [2.24, 2.45) is 15.9 Å². The molecule has 0 saturated heterocycles. The fraction of sp³-hybridized carbons (Fsp3) is 0.0769. The summed E-state index contributed by atoms with van der Waals surface area (Å²) in [5.74, 6) is 1.68. The van der Waals surface area contributed by atoms with E-state index in [-0.39, 0.29) is 5.92 Å². The van der Waals surface area contributed by atoms with Gasteiger partial charge in [-0.05, 0) is 103 Å². The van der Waals surface area contributed by atoms with Gasteiger partial charge >= 0.3 is 0 Å². The average molecular weight is 884 g/mol. The molecule has 0 saturated carbocycles. The number of benzene rings is 10. The lowest BCUT2D eigenvalue weighted by Crippen LogP contribution is -2.17. The van der Waals surface area contributed by atoms with Crippen LogP contribution in [0, 0.1) is 5.92 Å². The van der Waals surface area contributed by atoms with Crippen LogP contribution in [0.4, 0.5) is 0 Å². The number of amidine groups is 1. The summed E-state index contributed by atoms with van der Waals surface area (Å²) in [6.07, 6.45) is 9.42. The summed E-state index contributed by atoms with van der Waals surface area (Å²) in [7, 11) is 0. The van der Waals surface area contributed by atoms with Crippen molar-refractivity contribution >= 4 is 99.2 Å². The first-order chi connectivity index (χ1) is 34.1. The molecule has 14 rings (SSSR count). The van der Waals surface area contributed by atoms with Crippen molar-refractivity contribution in [3.63, 3.8) is 0 Å². The zero-order valence-electron chi connectivity index (χ0n) is 38.2. The molecule has 326 valence electrons. The maximum absolute atomic E-state index is 7.31. The van der Waals surface area contributed by atoms with E-state index in [1.807, 2.05) is 0 Å². The lowest BCUT2D eigenvalue weighted by Gasteiger charge is -2.22. The zero-order chi connectivity index (χ0) is 45.6. The van der Waals surface area contributed by atoms with Crippen molar-refractivity contribution < 1.29 is 4.42 Å². The second-order valence-corrected chi connectivity index (χ2v) is 18.7. The molecule has 4 nitrogen and oxygen atoms in total. The molecule has 0 N–H and O–H groups in total. The molecule has 0 fully saturated rings. The summed E-state index contributed by atoms with van der Waals surface area (Å²) in [5, 5.41) is 13.0. The van der Waals surface area contributed by atoms with Crippen LogP contribution in [0.25, 0.3) is 104 Å². The Labute approximate surface area is 399 Å². The molecule has 3 heterocycles. The molecule has 10 aromatic carbocycles. The average Bonchev–Trinajstić information content (AvgIpc) is 3.95. The maximum atomic E-state index is 7.31. The van der Waals surface area contributed by atoms with Crippen LogP contribution in [0.5, 0.6) is 0 Å². The van der Waals surface area contributed by atoms with Gasteiger partial charge in [0.2, 0.25) is 0 Å². The largest absolute Gasteiger partial charge is 0.454 e. The van der Waals surface area contributed by atoms with Gasteiger partial charge in [-0.15, -0.1) is 0 Å². The van der Waals surface area contributed by atoms with Crippen molar-refractivity contribution in [1.29, 1.82) is 0 Å². The van der Waals surface area contributed by atoms with Gasteiger partial charge in [0.1, 0.15) is 5.76 Å². The number of aliphatic imine (C=N–C) groups is 2. The highest BCUT2D eigenvalue weighted by Crippen LogP contribution is 2.48. The van der Waals surface area contributed by atoms with E-state index >= 15 is 0 Å². The van der Waals surface area contributed by atoms with Gasteiger partial charge in [-0.25, -0.2) is 9.98 Å². The Balaban J connectivity index is 1.11. The van der Waals surface area contributed by atoms with Crippen molar-refractivity contribution in [2.45, 2.75) is 26.2 Å². The van der Waals surface area contributed by atoms with Gasteiger partial charge in [0.15, 0.2) is 11.4 Å². The first-order valence-corrected chi connectivity index (χ1v) is 24.2. The van der Waals surface area contributed by atoms with Crippen LogP contribution in [-0.2, 0) is 6.42 Å². The molecular weight excluding hydrogens is 839 g/mol. The summed E-state index contributed by atoms with van der Waals surface area (Å²) < 4.78 is 9.82. The Hall–Kier alpha value is -8.60. The van der Waals surface area contributed by atoms with Crippen molar-refractivity contribution in [2.75, 3.05) is 0 Å². The number of aryl methyl sites for hydroxylation is 1. The van der Waals surface area contributed by atoms with E-state index in [1.165, 1.54) is 59.8 Å². The van der Waals surface area contributed by atoms with E-state index in [0.717, 1.165) is 91.6 Å². The van der Waals surface area contributed by atoms with Crippen LogP contribution in [-0.4, -0.2) is 16.1 Å². The Kier molecular flexibility index (Phi) is 9.03. The van der Waals surface area contributed by atoms with Crippen molar-refractivity contribution in [3.8, 4) is 16.8 Å². The van der Waals surface area contributed by atoms with Gasteiger partial charge in [0, 0.05) is 38.8 Å². The van der Waals surface area contributed by atoms with E-state index in [4.69, 9.17) is 14.4 Å². The SMILES string of the molecule is C[C@@H]1C/C=C(\c2c(-n3c4cc5ccccc5cc4c4c5ccccc5ccc43)c3oc4c(c3c3ccccc23)CCC=C4)N=C(c2cccc3ccccc23)N=C1c1ccc(-c2ccccc2)cc1. The molecule has 0 amide bonds. The van der Waals surface area contributed by atoms with Gasteiger partial charge in [-0.1, -0.05) is 195 Å². The molecule has 2 aromatic heterocycles. The lowest BCUT2D eigenvalue weighted by atomic mass is 9.90. The van der Waals surface area contributed by atoms with Crippen LogP contribution < -0.4 is 0 Å². The third kappa shape index (κ3) is 6.29. The smallest absolute Gasteiger partial charge is 0.160 e. The van der Waals surface area contributed by atoms with Gasteiger partial charge in [-0.3, -0.25) is 0 Å². The first kappa shape index (κ1) is 39.6. The van der Waals surface area contributed by atoms with Crippen LogP contribution in [0.15, 0.2) is 221 Å². The summed E-state index contributed by atoms with van der Waals surface area (Å²) in [5.41, 5.74) is 12.8. The van der Waals surface area contributed by atoms with Gasteiger partial charge in [0.05, 0.1) is 28.1 Å². The molecule has 12 aromatic rings. The number of fused-ring (bicyclic) bond motifs is 12. The Bertz CT molecular complexity index is 4210. The summed E-state index contributed by atoms with van der Waals surface area (Å²) >= 11 is 0. The number of furan rings is 1. The third-order valence-corrected chi connectivity index (χ3v) is 14.7. The van der Waals surface area contributed by atoms with E-state index in [9.17, 15) is 0 Å². The van der Waals surface area contributed by atoms with Crippen molar-refractivity contribution in [1.82, 2.24) is 4.57 Å². The fourth-order valence-electron chi connectivity index (χ4n) is 11.4. The van der Waals surface area contributed by atoms with Crippen LogP contribution >= 0.6 is 0 Å². The Morgan fingerprint density at radius 3 is 1.99 bits per heavy atom. The highest BCUT2D eigenvalue weighted by molar-refractivity contribution is 6.26. The van der Waals surface area contributed by atoms with Crippen LogP contribution in [0.2, 0.25) is 0 Å². The number of hydrogen-bond acceptors (Lipinski definition) is 3. The predicted molar refractivity (Wildman–Crippen MR) is 291 cm³/mol. The molecule has 4 heteroatoms. The molecule has 0 spiro atoms. The number of hydrogen-bond donors (Lipinski definition) is 0. The highest BCUT2D eigenvalue weighted by atomic mass is 16.3. The number of aromatic nitrogens is 1. The number of nitrogens with zero attached hydrogens (tertiary/aromatic N) is 3. The summed E-state index contributed by atoms with van der Waals surface area (Å²) in [6, 6.07) is 70.4. The first-order valence-electron chi connectivity index (χ1n) is 24.2. The van der Waals surface area contributed by atoms with Gasteiger partial charge < -0.3 is 8.98 Å². The van der Waals surface area contributed by atoms with Crippen molar-refractivity contribution in [3.05, 3.63) is 234 Å². The number of rotatable bonds is 5. The van der Waals surface area contributed by atoms with Crippen LogP contribution in [0.1, 0.15) is 47.8 Å². The summed E-state index contributed by atoms with van der Waals surface area (Å²) in [6.45, 7) is 2.31. The molecule has 1 aliphatic carbocycles. The molecular formula is C65H45N3O. The molecule has 69 heavy (non-hydrogen) atoms. The van der Waals surface area contributed by atoms with Gasteiger partial charge in [-0.2, -0.15) is 0 Å². The molecule has 2 aliphatic rings. The Morgan fingerprint density at radius 2 is 1.17 bits per heavy atom. The van der Waals surface area contributed by atoms with E-state index < -0.39 is 0 Å². The van der Waals surface area contributed by atoms with E-state index in [0.29, 0.717) is 5.84 Å². The molecule has 0 radical (unpaired) electrons. The molecule has 0 unspecified atom stereocenters. The maximum Gasteiger partial charge on any atom is 0.160 e. The summed E-state index contributed by atoms with van der Waals surface area (Å²) in [4.78, 5) is 11.6. The lowest BCUT2D eigenvalue weighted by molar-refractivity contribution is 0.594. The second-order valence-electron chi connectivity index (χ2n) is 18.7.